The Balaban J connectivity index is 2.54. The summed E-state index contributed by atoms with van der Waals surface area (Å²) < 4.78 is 22.4. The second kappa shape index (κ2) is 8.25. The third-order valence-electron chi connectivity index (χ3n) is 3.62. The Morgan fingerprint density at radius 2 is 1.54 bits per heavy atom. The quantitative estimate of drug-likeness (QED) is 0.590. The second-order valence-electron chi connectivity index (χ2n) is 6.08. The number of amides is 2. The van der Waals surface area contributed by atoms with Crippen molar-refractivity contribution in [3.63, 3.8) is 0 Å². The fourth-order valence-corrected chi connectivity index (χ4v) is 2.47. The number of benzene rings is 1. The molecule has 134 valence electrons. The van der Waals surface area contributed by atoms with Gasteiger partial charge < -0.3 is 10.6 Å². The van der Waals surface area contributed by atoms with Gasteiger partial charge in [0.15, 0.2) is 0 Å². The lowest BCUT2D eigenvalue weighted by molar-refractivity contribution is -0.141. The highest BCUT2D eigenvalue weighted by Gasteiger charge is 2.35. The minimum absolute atomic E-state index is 0.0454. The van der Waals surface area contributed by atoms with E-state index in [-0.39, 0.29) is 16.7 Å². The van der Waals surface area contributed by atoms with Crippen molar-refractivity contribution in [3.8, 4) is 0 Å². The molecule has 0 bridgehead atoms. The molecule has 1 aromatic carbocycles. The molecule has 0 spiro atoms. The molecule has 0 radical (unpaired) electrons. The van der Waals surface area contributed by atoms with Crippen molar-refractivity contribution in [1.82, 2.24) is 10.6 Å². The number of primary sulfonamides is 1. The van der Waals surface area contributed by atoms with E-state index in [0.717, 1.165) is 12.0 Å². The minimum Gasteiger partial charge on any atom is -0.355 e. The maximum atomic E-state index is 12.2. The van der Waals surface area contributed by atoms with E-state index in [1.807, 2.05) is 6.92 Å². The molecule has 24 heavy (non-hydrogen) atoms. The monoisotopic (exact) mass is 355 g/mol. The Bertz CT molecular complexity index is 682. The molecular formula is C16H25N3O4S. The summed E-state index contributed by atoms with van der Waals surface area (Å²) in [6, 6.07) is 6.14. The Morgan fingerprint density at radius 1 is 1.04 bits per heavy atom. The van der Waals surface area contributed by atoms with Gasteiger partial charge in [-0.05, 0) is 44.4 Å². The number of hydrogen-bond donors (Lipinski definition) is 3. The fourth-order valence-electron chi connectivity index (χ4n) is 1.95. The molecule has 7 nitrogen and oxygen atoms in total. The van der Waals surface area contributed by atoms with Gasteiger partial charge in [0, 0.05) is 13.1 Å². The van der Waals surface area contributed by atoms with Gasteiger partial charge in [0.1, 0.15) is 5.41 Å². The average Bonchev–Trinajstić information content (AvgIpc) is 2.51. The van der Waals surface area contributed by atoms with Gasteiger partial charge in [0.2, 0.25) is 21.8 Å². The molecule has 1 aromatic rings. The van der Waals surface area contributed by atoms with Gasteiger partial charge in [0.05, 0.1) is 4.90 Å². The number of nitrogens with one attached hydrogen (secondary N) is 2. The highest BCUT2D eigenvalue weighted by Crippen LogP contribution is 2.15. The van der Waals surface area contributed by atoms with Crippen LogP contribution in [0.3, 0.4) is 0 Å². The first kappa shape index (κ1) is 20.1. The van der Waals surface area contributed by atoms with Crippen LogP contribution in [0.1, 0.15) is 32.8 Å². The maximum absolute atomic E-state index is 12.2. The standard InChI is InChI=1S/C16H25N3O4S/c1-4-10-18-14(20)16(2,3)15(21)19-11-9-12-5-7-13(8-6-12)24(17,22)23/h5-8H,4,9-11H2,1-3H3,(H,18,20)(H,19,21)(H2,17,22,23). The van der Waals surface area contributed by atoms with Crippen LogP contribution in [0.5, 0.6) is 0 Å². The van der Waals surface area contributed by atoms with Crippen molar-refractivity contribution < 1.29 is 18.0 Å². The normalized spacial score (nSPS) is 11.8. The molecule has 0 saturated carbocycles. The molecule has 0 aliphatic carbocycles. The minimum atomic E-state index is -3.70. The van der Waals surface area contributed by atoms with E-state index in [1.54, 1.807) is 26.0 Å². The van der Waals surface area contributed by atoms with Crippen LogP contribution in [0.15, 0.2) is 29.2 Å². The lowest BCUT2D eigenvalue weighted by Crippen LogP contribution is -2.48. The third kappa shape index (κ3) is 5.61. The van der Waals surface area contributed by atoms with Gasteiger partial charge in [-0.2, -0.15) is 0 Å². The van der Waals surface area contributed by atoms with Crippen LogP contribution >= 0.6 is 0 Å². The van der Waals surface area contributed by atoms with Crippen molar-refractivity contribution in [3.05, 3.63) is 29.8 Å². The van der Waals surface area contributed by atoms with Crippen molar-refractivity contribution in [2.45, 2.75) is 38.5 Å². The number of carbonyl (C=O) groups excluding carboxylic acids is 2. The topological polar surface area (TPSA) is 118 Å². The Hall–Kier alpha value is -1.93. The first-order valence-corrected chi connectivity index (χ1v) is 9.32. The molecule has 0 aliphatic rings. The van der Waals surface area contributed by atoms with E-state index in [2.05, 4.69) is 10.6 Å². The maximum Gasteiger partial charge on any atom is 0.238 e. The Morgan fingerprint density at radius 3 is 2.00 bits per heavy atom. The van der Waals surface area contributed by atoms with E-state index in [1.165, 1.54) is 12.1 Å². The first-order chi connectivity index (χ1) is 11.1. The van der Waals surface area contributed by atoms with Gasteiger partial charge >= 0.3 is 0 Å². The summed E-state index contributed by atoms with van der Waals surface area (Å²) in [6.07, 6.45) is 1.32. The van der Waals surface area contributed by atoms with Crippen molar-refractivity contribution in [2.75, 3.05) is 13.1 Å². The van der Waals surface area contributed by atoms with Crippen molar-refractivity contribution >= 4 is 21.8 Å². The van der Waals surface area contributed by atoms with E-state index < -0.39 is 15.4 Å². The summed E-state index contributed by atoms with van der Waals surface area (Å²) in [5, 5.41) is 10.5. The molecule has 2 amide bonds. The highest BCUT2D eigenvalue weighted by molar-refractivity contribution is 7.89. The number of nitrogens with two attached hydrogens (primary N) is 1. The summed E-state index contributed by atoms with van der Waals surface area (Å²) >= 11 is 0. The van der Waals surface area contributed by atoms with E-state index >= 15 is 0 Å². The van der Waals surface area contributed by atoms with Crippen LogP contribution in [0.25, 0.3) is 0 Å². The van der Waals surface area contributed by atoms with Gasteiger partial charge in [-0.1, -0.05) is 19.1 Å². The molecule has 4 N–H and O–H groups in total. The molecule has 0 heterocycles. The van der Waals surface area contributed by atoms with Crippen LogP contribution in [0.2, 0.25) is 0 Å². The molecule has 8 heteroatoms. The van der Waals surface area contributed by atoms with E-state index in [0.29, 0.717) is 19.5 Å². The molecule has 0 unspecified atom stereocenters. The first-order valence-electron chi connectivity index (χ1n) is 7.77. The largest absolute Gasteiger partial charge is 0.355 e. The average molecular weight is 355 g/mol. The molecule has 0 atom stereocenters. The summed E-state index contributed by atoms with van der Waals surface area (Å²) in [4.78, 5) is 24.2. The summed E-state index contributed by atoms with van der Waals surface area (Å²) in [5.74, 6) is -0.656. The predicted molar refractivity (Wildman–Crippen MR) is 91.6 cm³/mol. The van der Waals surface area contributed by atoms with E-state index in [4.69, 9.17) is 5.14 Å². The molecule has 0 aromatic heterocycles. The third-order valence-corrected chi connectivity index (χ3v) is 4.55. The summed E-state index contributed by atoms with van der Waals surface area (Å²) in [5.41, 5.74) is -0.289. The lowest BCUT2D eigenvalue weighted by Gasteiger charge is -2.22. The predicted octanol–water partition coefficient (Wildman–Crippen LogP) is 0.545. The smallest absolute Gasteiger partial charge is 0.238 e. The van der Waals surface area contributed by atoms with Crippen LogP contribution in [-0.4, -0.2) is 33.3 Å². The summed E-state index contributed by atoms with van der Waals surface area (Å²) in [7, 11) is -3.70. The number of rotatable bonds is 8. The van der Waals surface area contributed by atoms with Crippen LogP contribution < -0.4 is 15.8 Å². The van der Waals surface area contributed by atoms with Crippen LogP contribution in [0, 0.1) is 5.41 Å². The Kier molecular flexibility index (Phi) is 6.92. The van der Waals surface area contributed by atoms with Crippen molar-refractivity contribution in [1.29, 1.82) is 0 Å². The zero-order chi connectivity index (χ0) is 18.4. The SMILES string of the molecule is CCCNC(=O)C(C)(C)C(=O)NCCc1ccc(S(N)(=O)=O)cc1. The highest BCUT2D eigenvalue weighted by atomic mass is 32.2. The number of carbonyl (C=O) groups is 2. The number of sulfonamides is 1. The zero-order valence-corrected chi connectivity index (χ0v) is 15.1. The molecule has 1 rings (SSSR count). The second-order valence-corrected chi connectivity index (χ2v) is 7.64. The van der Waals surface area contributed by atoms with Crippen LogP contribution in [0.4, 0.5) is 0 Å². The van der Waals surface area contributed by atoms with Gasteiger partial charge in [0.25, 0.3) is 0 Å². The summed E-state index contributed by atoms with van der Waals surface area (Å²) in [6.45, 7) is 5.97. The molecule has 0 aliphatic heterocycles. The number of hydrogen-bond acceptors (Lipinski definition) is 4. The lowest BCUT2D eigenvalue weighted by atomic mass is 9.91. The molecular weight excluding hydrogens is 330 g/mol. The van der Waals surface area contributed by atoms with Crippen molar-refractivity contribution in [2.24, 2.45) is 10.6 Å². The Labute approximate surface area is 143 Å². The van der Waals surface area contributed by atoms with Gasteiger partial charge in [-0.3, -0.25) is 9.59 Å². The zero-order valence-electron chi connectivity index (χ0n) is 14.3. The van der Waals surface area contributed by atoms with Gasteiger partial charge in [-0.25, -0.2) is 13.6 Å². The van der Waals surface area contributed by atoms with E-state index in [9.17, 15) is 18.0 Å². The molecule has 0 saturated heterocycles. The van der Waals surface area contributed by atoms with Crippen LogP contribution in [-0.2, 0) is 26.0 Å². The fraction of sp³-hybridized carbons (Fsp3) is 0.500. The van der Waals surface area contributed by atoms with Gasteiger partial charge in [-0.15, -0.1) is 0 Å². The molecule has 0 fully saturated rings.